The van der Waals surface area contributed by atoms with Gasteiger partial charge in [-0.05, 0) is 83.1 Å². The average molecular weight is 2130 g/mol. The first-order chi connectivity index (χ1) is 66.0. The Morgan fingerprint density at radius 2 is 0.750 bits per heavy atom. The summed E-state index contributed by atoms with van der Waals surface area (Å²) in [7, 11) is 0. The fourth-order valence-electron chi connectivity index (χ4n) is 16.2. The van der Waals surface area contributed by atoms with Crippen LogP contribution in [-0.4, -0.2) is 289 Å². The van der Waals surface area contributed by atoms with Crippen molar-refractivity contribution >= 4 is 168 Å². The SMILES string of the molecule is CC(C)C(=O)CC1=Nc2c(ncn2[C@@H]2O[C@@H]3COP([O-])(=S)O[C@H]4[C@@H](F)[C@H](C5C=Nc6c5nc(NC(=O)C(C)C)[nH]c6=O)O[C@@H]4COP(=O)([S-])O[C@H]3[C@H]2F)C(=O)C1.CC(C)C(=O)CC1=Nc2c(ncn2[C@@H]2O[C@@H]3COP([O-])(=S)O[C@H]4[C@@H](F)[C@H](C5C=Nc6c5nc(NC(=O)C(C)C)[nH]c6=O)O[C@@H]4COP([O-])(=S)O[C@H]3[C@H]2F)C(=O)C1.CC[NH+](CC)CC.CC[NH+](CC)CC.CC[NH+](CC)CC.CC[NH+](CC)CC. The van der Waals surface area contributed by atoms with Crippen molar-refractivity contribution in [3.05, 3.63) is 56.1 Å². The number of fused-ring (bicyclic) bond motifs is 8. The molecule has 0 aliphatic carbocycles. The van der Waals surface area contributed by atoms with Crippen molar-refractivity contribution in [2.75, 3.05) is 116 Å². The zero-order valence-corrected chi connectivity index (χ0v) is 89.2. The number of carbonyl (C=O) groups excluding carboxylic acids is 6. The van der Waals surface area contributed by atoms with Gasteiger partial charge in [0, 0.05) is 60.4 Å². The molecule has 10 aliphatic heterocycles. The second-order valence-electron chi connectivity index (χ2n) is 35.7. The average Bonchev–Trinajstić information content (AvgIpc) is 1.61. The number of nitrogens with zero attached hydrogens (tertiary/aromatic N) is 10. The lowest BCUT2D eigenvalue weighted by Crippen LogP contribution is -3.11. The van der Waals surface area contributed by atoms with Gasteiger partial charge in [0.2, 0.25) is 23.7 Å². The van der Waals surface area contributed by atoms with Crippen molar-refractivity contribution in [2.24, 2.45) is 43.6 Å². The molecule has 784 valence electrons. The molecule has 42 nitrogen and oxygen atoms in total. The van der Waals surface area contributed by atoms with Crippen molar-refractivity contribution in [1.82, 2.24) is 39.0 Å². The fourth-order valence-corrected chi connectivity index (χ4v) is 21.9. The van der Waals surface area contributed by atoms with Crippen LogP contribution in [-0.2, 0) is 127 Å². The van der Waals surface area contributed by atoms with Crippen LogP contribution in [0.1, 0.15) is 221 Å². The second-order valence-corrected chi connectivity index (χ2v) is 46.5. The van der Waals surface area contributed by atoms with Gasteiger partial charge < -0.3 is 102 Å². The van der Waals surface area contributed by atoms with Gasteiger partial charge in [0.05, 0.1) is 154 Å². The number of aromatic nitrogens is 8. The number of ether oxygens (including phenoxy) is 4. The Hall–Kier alpha value is -6.03. The van der Waals surface area contributed by atoms with Crippen LogP contribution in [0, 0.1) is 23.7 Å². The van der Waals surface area contributed by atoms with Gasteiger partial charge in [-0.25, -0.2) is 47.5 Å². The Morgan fingerprint density at radius 3 is 1.04 bits per heavy atom. The van der Waals surface area contributed by atoms with Crippen LogP contribution in [0.3, 0.4) is 0 Å². The van der Waals surface area contributed by atoms with Gasteiger partial charge in [0.15, 0.2) is 89.9 Å². The van der Waals surface area contributed by atoms with Crippen LogP contribution in [0.2, 0.25) is 0 Å². The van der Waals surface area contributed by atoms with Crippen LogP contribution >= 0.6 is 27.0 Å². The Kier molecular flexibility index (Phi) is 44.1. The first kappa shape index (κ1) is 118. The molecule has 0 aromatic carbocycles. The van der Waals surface area contributed by atoms with Crippen molar-refractivity contribution in [1.29, 1.82) is 0 Å². The summed E-state index contributed by atoms with van der Waals surface area (Å²) >= 11 is 20.4. The van der Waals surface area contributed by atoms with E-state index in [0.717, 1.165) is 21.8 Å². The molecule has 14 heterocycles. The molecule has 54 heteroatoms. The molecule has 140 heavy (non-hydrogen) atoms. The molecule has 4 aromatic rings. The van der Waals surface area contributed by atoms with E-state index in [4.69, 9.17) is 103 Å². The van der Waals surface area contributed by atoms with E-state index in [9.17, 15) is 57.6 Å². The van der Waals surface area contributed by atoms with E-state index in [2.05, 4.69) is 144 Å². The topological polar surface area (TPSA) is 518 Å². The van der Waals surface area contributed by atoms with Crippen LogP contribution in [0.4, 0.5) is 52.5 Å². The number of aromatic amines is 2. The minimum Gasteiger partial charge on any atom is -0.780 e. The lowest BCUT2D eigenvalue weighted by molar-refractivity contribution is -0.894. The maximum atomic E-state index is 16.4. The normalized spacial score (nSPS) is 30.6. The minimum atomic E-state index is -4.67. The molecule has 6 saturated heterocycles. The van der Waals surface area contributed by atoms with E-state index in [0.29, 0.717) is 0 Å². The molecule has 10 aliphatic rings. The van der Waals surface area contributed by atoms with E-state index >= 15 is 17.6 Å². The van der Waals surface area contributed by atoms with Gasteiger partial charge in [0.25, 0.3) is 11.1 Å². The number of imidazole rings is 2. The number of ketones is 4. The standard InChI is InChI=1S/2C31H37F2N7O12P2S2.4C6H15N/c2*1-11(2)15(41)5-13-6-16(42)22-27(36-13)40(10-35-22)30-20(33)26-18(50-30)9-48-53(45,55)51-25-17(8-47-54(46,56)52-26)49-24(19(25)32)14-7-34-23-21(14)37-31(39-29(23)44)38-28(43)12(3)4;4*1-4-7(5-2)6-3/h2*7,10-12,14,17-20,24-26,30H,5-6,8-9H2,1-4H3,(H,45,55)(H,46,56)(H2,37,38,39,43,44);4*4-6H2,1-3H3/t2*14?,17-,18-,19+,20-,24+,25-,26-,30-,53?,54?;;;;/m11..../s1. The maximum Gasteiger partial charge on any atom is 0.278 e. The van der Waals surface area contributed by atoms with Crippen LogP contribution in [0.25, 0.3) is 0 Å². The molecule has 0 spiro atoms. The molecule has 0 bridgehead atoms. The number of carbonyl (C=O) groups is 6. The Bertz CT molecular complexity index is 5050. The highest BCUT2D eigenvalue weighted by Gasteiger charge is 2.57. The first-order valence-electron chi connectivity index (χ1n) is 47.5. The third-order valence-electron chi connectivity index (χ3n) is 25.1. The zero-order chi connectivity index (χ0) is 104. The van der Waals surface area contributed by atoms with E-state index < -0.39 is 210 Å². The smallest absolute Gasteiger partial charge is 0.278 e. The van der Waals surface area contributed by atoms with Crippen molar-refractivity contribution in [3.63, 3.8) is 0 Å². The van der Waals surface area contributed by atoms with Crippen LogP contribution < -0.4 is 56.0 Å². The summed E-state index contributed by atoms with van der Waals surface area (Å²) < 4.78 is 148. The van der Waals surface area contributed by atoms with Gasteiger partial charge in [0.1, 0.15) is 92.8 Å². The summed E-state index contributed by atoms with van der Waals surface area (Å²) in [6.45, 7) is 33.4. The van der Waals surface area contributed by atoms with Gasteiger partial charge in [-0.2, -0.15) is 0 Å². The van der Waals surface area contributed by atoms with Crippen molar-refractivity contribution < 1.29 is 140 Å². The molecule has 4 aromatic heterocycles. The molecule has 22 atom stereocenters. The number of anilines is 2. The number of alkyl halides is 4. The highest BCUT2D eigenvalue weighted by molar-refractivity contribution is 8.32. The highest BCUT2D eigenvalue weighted by atomic mass is 32.7. The Morgan fingerprint density at radius 1 is 0.457 bits per heavy atom. The second kappa shape index (κ2) is 52.5. The fraction of sp³-hybridized carbons (Fsp3) is 0.721. The summed E-state index contributed by atoms with van der Waals surface area (Å²) in [5.74, 6) is -6.60. The molecular weight excluding hydrogens is 2000 g/mol. The number of H-pyrrole nitrogens is 2. The largest absolute Gasteiger partial charge is 0.780 e. The number of quaternary nitrogens is 4. The maximum absolute atomic E-state index is 16.4. The van der Waals surface area contributed by atoms with Crippen molar-refractivity contribution in [3.8, 4) is 0 Å². The summed E-state index contributed by atoms with van der Waals surface area (Å²) in [6, 6.07) is 0. The van der Waals surface area contributed by atoms with Crippen LogP contribution in [0.5, 0.6) is 0 Å². The lowest BCUT2D eigenvalue weighted by Gasteiger charge is -2.37. The Balaban J connectivity index is 0.000000245. The van der Waals surface area contributed by atoms with E-state index in [-0.39, 0.29) is 118 Å². The monoisotopic (exact) mass is 2130 g/mol. The zero-order valence-electron chi connectivity index (χ0n) is 82.4. The van der Waals surface area contributed by atoms with Gasteiger partial charge in [-0.3, -0.25) is 82.6 Å². The van der Waals surface area contributed by atoms with E-state index in [1.165, 1.54) is 91.0 Å². The number of nitrogens with one attached hydrogen (secondary N) is 8. The number of aliphatic imine (C=N–C) groups is 4. The molecule has 6 fully saturated rings. The quantitative estimate of drug-likeness (QED) is 0.0249. The third-order valence-corrected chi connectivity index (χ3v) is 31.3. The summed E-state index contributed by atoms with van der Waals surface area (Å²) in [5, 5.41) is 4.93. The molecule has 14 rings (SSSR count). The number of hydrogen-bond donors (Lipinski definition) is 8. The number of halogens is 4. The number of rotatable bonds is 26. The van der Waals surface area contributed by atoms with E-state index in [1.807, 2.05) is 0 Å². The molecule has 6 unspecified atom stereocenters. The summed E-state index contributed by atoms with van der Waals surface area (Å²) in [4.78, 5) is 186. The Labute approximate surface area is 832 Å². The van der Waals surface area contributed by atoms with Gasteiger partial charge in [-0.1, -0.05) is 90.8 Å². The highest BCUT2D eigenvalue weighted by Crippen LogP contribution is 2.57. The molecular formula is C86H134F4N18O24P4S4. The van der Waals surface area contributed by atoms with Gasteiger partial charge in [-0.15, -0.1) is 0 Å². The lowest BCUT2D eigenvalue weighted by atomic mass is 9.95. The van der Waals surface area contributed by atoms with Crippen LogP contribution in [0.15, 0.2) is 42.2 Å². The molecule has 0 saturated carbocycles. The predicted octanol–water partition coefficient (Wildman–Crippen LogP) is 4.12. The summed E-state index contributed by atoms with van der Waals surface area (Å²) in [6.07, 6.45) is -24.2. The predicted molar refractivity (Wildman–Crippen MR) is 520 cm³/mol. The molecule has 8 N–H and O–H groups in total. The summed E-state index contributed by atoms with van der Waals surface area (Å²) in [5.41, 5.74) is -1.58. The molecule has 2 amide bonds. The van der Waals surface area contributed by atoms with Gasteiger partial charge >= 0.3 is 0 Å². The minimum absolute atomic E-state index is 0.0447. The van der Waals surface area contributed by atoms with Crippen molar-refractivity contribution in [2.45, 2.75) is 274 Å². The third kappa shape index (κ3) is 30.2. The number of hydrogen-bond acceptors (Lipinski definition) is 36. The molecule has 0 radical (unpaired) electrons. The van der Waals surface area contributed by atoms with E-state index in [1.54, 1.807) is 75.0 Å². The number of Topliss-reactive ketones (excluding diaryl/α,β-unsaturated/α-hetero) is 4. The number of amides is 2. The first-order valence-corrected chi connectivity index (χ1v) is 57.7.